The van der Waals surface area contributed by atoms with Crippen molar-refractivity contribution >= 4 is 20.3 Å². The second-order valence-electron chi connectivity index (χ2n) is 9.98. The van der Waals surface area contributed by atoms with E-state index in [0.29, 0.717) is 19.4 Å². The molecular formula is C22H43NO5Si. The summed E-state index contributed by atoms with van der Waals surface area (Å²) in [5, 5.41) is 0.153. The van der Waals surface area contributed by atoms with E-state index in [4.69, 9.17) is 14.9 Å². The smallest absolute Gasteiger partial charge is 0.305 e. The lowest BCUT2D eigenvalue weighted by Gasteiger charge is -2.38. The molecule has 1 aliphatic carbocycles. The number of hydrogen-bond donors (Lipinski definition) is 1. The highest BCUT2D eigenvalue weighted by Crippen LogP contribution is 2.41. The first-order chi connectivity index (χ1) is 13.4. The predicted molar refractivity (Wildman–Crippen MR) is 118 cm³/mol. The summed E-state index contributed by atoms with van der Waals surface area (Å²) in [5.41, 5.74) is 6.47. The van der Waals surface area contributed by atoms with Crippen LogP contribution in [0.25, 0.3) is 0 Å². The molecule has 1 rings (SSSR count). The highest BCUT2D eigenvalue weighted by Gasteiger charge is 2.45. The van der Waals surface area contributed by atoms with Crippen LogP contribution in [-0.4, -0.2) is 46.1 Å². The van der Waals surface area contributed by atoms with Crippen molar-refractivity contribution in [1.82, 2.24) is 0 Å². The monoisotopic (exact) mass is 429 g/mol. The maximum Gasteiger partial charge on any atom is 0.305 e. The summed E-state index contributed by atoms with van der Waals surface area (Å²) < 4.78 is 16.8. The van der Waals surface area contributed by atoms with Gasteiger partial charge in [-0.3, -0.25) is 9.59 Å². The average molecular weight is 430 g/mol. The van der Waals surface area contributed by atoms with Crippen LogP contribution in [-0.2, 0) is 23.5 Å². The minimum atomic E-state index is -1.86. The summed E-state index contributed by atoms with van der Waals surface area (Å²) in [6.45, 7) is 13.3. The molecule has 0 spiro atoms. The number of hydrogen-bond acceptors (Lipinski definition) is 6. The van der Waals surface area contributed by atoms with Gasteiger partial charge in [-0.1, -0.05) is 40.0 Å². The second-order valence-corrected chi connectivity index (χ2v) is 14.8. The lowest BCUT2D eigenvalue weighted by molar-refractivity contribution is -0.148. The molecule has 0 saturated heterocycles. The Hall–Kier alpha value is -0.923. The largest absolute Gasteiger partial charge is 0.469 e. The minimum absolute atomic E-state index is 0.00607. The average Bonchev–Trinajstić information content (AvgIpc) is 2.88. The van der Waals surface area contributed by atoms with E-state index in [1.807, 2.05) is 0 Å². The maximum atomic E-state index is 11.6. The Morgan fingerprint density at radius 2 is 1.69 bits per heavy atom. The van der Waals surface area contributed by atoms with Gasteiger partial charge in [-0.25, -0.2) is 0 Å². The maximum absolute atomic E-state index is 11.6. The van der Waals surface area contributed by atoms with Gasteiger partial charge in [0.05, 0.1) is 7.11 Å². The summed E-state index contributed by atoms with van der Waals surface area (Å²) >= 11 is 0. The molecule has 1 saturated carbocycles. The summed E-state index contributed by atoms with van der Waals surface area (Å²) in [5.74, 6) is 0.0589. The third kappa shape index (κ3) is 8.38. The fourth-order valence-corrected chi connectivity index (χ4v) is 4.88. The van der Waals surface area contributed by atoms with Crippen LogP contribution in [0, 0.1) is 11.8 Å². The number of ether oxygens (including phenoxy) is 2. The normalized spacial score (nSPS) is 25.1. The summed E-state index contributed by atoms with van der Waals surface area (Å²) in [4.78, 5) is 22.8. The van der Waals surface area contributed by atoms with Crippen LogP contribution in [0.2, 0.25) is 18.1 Å². The van der Waals surface area contributed by atoms with E-state index >= 15 is 0 Å². The van der Waals surface area contributed by atoms with Crippen LogP contribution in [0.4, 0.5) is 0 Å². The standard InChI is InChI=1S/C22H43NO5Si/c1-16(24)28-20-14-19(23)18(15-27-29(6,7)22(2,3)4)17(20)12-10-8-9-11-13-21(25)26-5/h17-20H,8-15,23H2,1-7H3/t17?,18-,19-,20+/m1/s1. The Balaban J connectivity index is 2.64. The van der Waals surface area contributed by atoms with Crippen LogP contribution in [0.5, 0.6) is 0 Å². The lowest BCUT2D eigenvalue weighted by atomic mass is 9.88. The second kappa shape index (κ2) is 11.5. The topological polar surface area (TPSA) is 87.9 Å². The summed E-state index contributed by atoms with van der Waals surface area (Å²) in [7, 11) is -0.433. The fourth-order valence-electron chi connectivity index (χ4n) is 3.83. The van der Waals surface area contributed by atoms with E-state index in [1.165, 1.54) is 14.0 Å². The van der Waals surface area contributed by atoms with Crippen LogP contribution < -0.4 is 5.73 Å². The highest BCUT2D eigenvalue weighted by molar-refractivity contribution is 6.74. The number of carbonyl (C=O) groups is 2. The lowest BCUT2D eigenvalue weighted by Crippen LogP contribution is -2.44. The molecule has 1 fully saturated rings. The highest BCUT2D eigenvalue weighted by atomic mass is 28.4. The summed E-state index contributed by atoms with van der Waals surface area (Å²) in [6.07, 6.45) is 5.96. The first-order valence-corrected chi connectivity index (χ1v) is 13.9. The molecule has 170 valence electrons. The molecule has 0 aliphatic heterocycles. The van der Waals surface area contributed by atoms with Crippen molar-refractivity contribution in [2.45, 2.75) is 103 Å². The molecule has 1 aliphatic rings. The Bertz CT molecular complexity index is 532. The van der Waals surface area contributed by atoms with Gasteiger partial charge >= 0.3 is 11.9 Å². The van der Waals surface area contributed by atoms with Crippen molar-refractivity contribution in [1.29, 1.82) is 0 Å². The third-order valence-electron chi connectivity index (χ3n) is 6.74. The molecular weight excluding hydrogens is 386 g/mol. The van der Waals surface area contributed by atoms with Gasteiger partial charge in [-0.05, 0) is 31.0 Å². The van der Waals surface area contributed by atoms with Crippen LogP contribution >= 0.6 is 0 Å². The third-order valence-corrected chi connectivity index (χ3v) is 11.2. The van der Waals surface area contributed by atoms with Gasteiger partial charge in [-0.15, -0.1) is 0 Å². The molecule has 0 amide bonds. The number of rotatable bonds is 11. The van der Waals surface area contributed by atoms with Gasteiger partial charge in [0.1, 0.15) is 6.10 Å². The zero-order chi connectivity index (χ0) is 22.2. The Labute approximate surface area is 178 Å². The predicted octanol–water partition coefficient (Wildman–Crippen LogP) is 4.42. The Kier molecular flexibility index (Phi) is 10.3. The van der Waals surface area contributed by atoms with Crippen molar-refractivity contribution < 1.29 is 23.5 Å². The van der Waals surface area contributed by atoms with Crippen molar-refractivity contribution in [2.24, 2.45) is 17.6 Å². The Morgan fingerprint density at radius 1 is 1.07 bits per heavy atom. The van der Waals surface area contributed by atoms with Crippen molar-refractivity contribution in [3.05, 3.63) is 0 Å². The molecule has 0 aromatic carbocycles. The van der Waals surface area contributed by atoms with E-state index in [9.17, 15) is 9.59 Å². The van der Waals surface area contributed by atoms with Gasteiger partial charge in [0.25, 0.3) is 0 Å². The molecule has 7 heteroatoms. The first-order valence-electron chi connectivity index (χ1n) is 11.0. The van der Waals surface area contributed by atoms with Gasteiger partial charge in [0, 0.05) is 44.2 Å². The molecule has 6 nitrogen and oxygen atoms in total. The van der Waals surface area contributed by atoms with E-state index in [1.54, 1.807) is 0 Å². The van der Waals surface area contributed by atoms with E-state index in [0.717, 1.165) is 32.1 Å². The van der Waals surface area contributed by atoms with E-state index in [-0.39, 0.29) is 41.0 Å². The van der Waals surface area contributed by atoms with Crippen LogP contribution in [0.3, 0.4) is 0 Å². The molecule has 0 bridgehead atoms. The van der Waals surface area contributed by atoms with Gasteiger partial charge in [0.2, 0.25) is 0 Å². The van der Waals surface area contributed by atoms with Gasteiger partial charge in [0.15, 0.2) is 8.32 Å². The molecule has 0 heterocycles. The molecule has 0 radical (unpaired) electrons. The minimum Gasteiger partial charge on any atom is -0.469 e. The molecule has 4 atom stereocenters. The van der Waals surface area contributed by atoms with Crippen molar-refractivity contribution in [3.8, 4) is 0 Å². The number of carbonyl (C=O) groups excluding carboxylic acids is 2. The van der Waals surface area contributed by atoms with Crippen LogP contribution in [0.1, 0.15) is 72.6 Å². The molecule has 29 heavy (non-hydrogen) atoms. The number of methoxy groups -OCH3 is 1. The van der Waals surface area contributed by atoms with Gasteiger partial charge in [-0.2, -0.15) is 0 Å². The Morgan fingerprint density at radius 3 is 2.24 bits per heavy atom. The zero-order valence-electron chi connectivity index (χ0n) is 19.6. The zero-order valence-corrected chi connectivity index (χ0v) is 20.6. The van der Waals surface area contributed by atoms with E-state index < -0.39 is 8.32 Å². The SMILES string of the molecule is COC(=O)CCCCCCC1[C@@H](OC(C)=O)C[C@@H](N)[C@@H]1CO[Si](C)(C)C(C)(C)C. The van der Waals surface area contributed by atoms with E-state index in [2.05, 4.69) is 38.6 Å². The van der Waals surface area contributed by atoms with Crippen LogP contribution in [0.15, 0.2) is 0 Å². The molecule has 0 aromatic rings. The van der Waals surface area contributed by atoms with Crippen molar-refractivity contribution in [2.75, 3.05) is 13.7 Å². The summed E-state index contributed by atoms with van der Waals surface area (Å²) in [6, 6.07) is -0.00607. The number of nitrogens with two attached hydrogens (primary N) is 1. The quantitative estimate of drug-likeness (QED) is 0.297. The first kappa shape index (κ1) is 26.1. The fraction of sp³-hybridized carbons (Fsp3) is 0.909. The van der Waals surface area contributed by atoms with Gasteiger partial charge < -0.3 is 19.6 Å². The molecule has 0 aromatic heterocycles. The molecule has 2 N–H and O–H groups in total. The number of esters is 2. The van der Waals surface area contributed by atoms with Crippen molar-refractivity contribution in [3.63, 3.8) is 0 Å². The number of unbranched alkanes of at least 4 members (excludes halogenated alkanes) is 3. The molecule has 1 unspecified atom stereocenters.